The van der Waals surface area contributed by atoms with E-state index in [4.69, 9.17) is 0 Å². The second-order valence-electron chi connectivity index (χ2n) is 6.07. The van der Waals surface area contributed by atoms with Gasteiger partial charge in [-0.2, -0.15) is 0 Å². The third-order valence-corrected chi connectivity index (χ3v) is 4.21. The molecule has 2 aromatic rings. The van der Waals surface area contributed by atoms with Crippen molar-refractivity contribution in [3.05, 3.63) is 48.3 Å². The number of phenolic OH excluding ortho intramolecular Hbond substituents is 1. The molecule has 0 aliphatic carbocycles. The topological polar surface area (TPSA) is 36.4 Å². The highest BCUT2D eigenvalue weighted by Crippen LogP contribution is 2.27. The van der Waals surface area contributed by atoms with Crippen molar-refractivity contribution in [3.8, 4) is 16.9 Å². The third-order valence-electron chi connectivity index (χ3n) is 4.21. The summed E-state index contributed by atoms with van der Waals surface area (Å²) in [4.78, 5) is 6.61. The summed E-state index contributed by atoms with van der Waals surface area (Å²) in [5.41, 5.74) is 3.21. The first-order valence-corrected chi connectivity index (χ1v) is 7.67. The standard InChI is InChI=1S/C18H22N2O/c1-14-4-3-9-20(12-14)13-17-10-15(6-7-18(17)21)16-5-2-8-19-11-16/h2,5-8,10-11,14,21H,3-4,9,12-13H2,1H3. The van der Waals surface area contributed by atoms with Gasteiger partial charge in [-0.25, -0.2) is 0 Å². The van der Waals surface area contributed by atoms with E-state index in [2.05, 4.69) is 22.9 Å². The van der Waals surface area contributed by atoms with Crippen LogP contribution in [0.3, 0.4) is 0 Å². The fourth-order valence-corrected chi connectivity index (χ4v) is 3.10. The predicted molar refractivity (Wildman–Crippen MR) is 85.0 cm³/mol. The fraction of sp³-hybridized carbons (Fsp3) is 0.389. The molecule has 1 aliphatic rings. The Morgan fingerprint density at radius 1 is 1.29 bits per heavy atom. The number of piperidine rings is 1. The van der Waals surface area contributed by atoms with E-state index in [9.17, 15) is 5.11 Å². The van der Waals surface area contributed by atoms with Crippen LogP contribution in [-0.2, 0) is 6.54 Å². The normalized spacial score (nSPS) is 19.6. The number of phenols is 1. The number of benzene rings is 1. The highest BCUT2D eigenvalue weighted by atomic mass is 16.3. The zero-order valence-corrected chi connectivity index (χ0v) is 12.5. The molecule has 3 heteroatoms. The minimum Gasteiger partial charge on any atom is -0.508 e. The Bertz CT molecular complexity index is 597. The average molecular weight is 282 g/mol. The van der Waals surface area contributed by atoms with Crippen LogP contribution in [0.2, 0.25) is 0 Å². The summed E-state index contributed by atoms with van der Waals surface area (Å²) in [5, 5.41) is 10.1. The van der Waals surface area contributed by atoms with E-state index in [1.807, 2.05) is 24.4 Å². The summed E-state index contributed by atoms with van der Waals surface area (Å²) in [6, 6.07) is 9.83. The molecule has 1 saturated heterocycles. The molecule has 0 radical (unpaired) electrons. The monoisotopic (exact) mass is 282 g/mol. The van der Waals surface area contributed by atoms with Gasteiger partial charge in [0.15, 0.2) is 0 Å². The van der Waals surface area contributed by atoms with Crippen molar-refractivity contribution in [2.45, 2.75) is 26.3 Å². The van der Waals surface area contributed by atoms with Gasteiger partial charge in [0.25, 0.3) is 0 Å². The van der Waals surface area contributed by atoms with Gasteiger partial charge in [0.05, 0.1) is 0 Å². The van der Waals surface area contributed by atoms with Gasteiger partial charge in [0.2, 0.25) is 0 Å². The Hall–Kier alpha value is -1.87. The van der Waals surface area contributed by atoms with Gasteiger partial charge in [0.1, 0.15) is 5.75 Å². The lowest BCUT2D eigenvalue weighted by Gasteiger charge is -2.31. The Balaban J connectivity index is 1.81. The molecule has 1 fully saturated rings. The van der Waals surface area contributed by atoms with Crippen LogP contribution in [0.15, 0.2) is 42.7 Å². The van der Waals surface area contributed by atoms with Gasteiger partial charge in [-0.1, -0.05) is 19.1 Å². The maximum absolute atomic E-state index is 10.1. The van der Waals surface area contributed by atoms with Crippen molar-refractivity contribution >= 4 is 0 Å². The smallest absolute Gasteiger partial charge is 0.120 e. The number of hydrogen-bond acceptors (Lipinski definition) is 3. The molecule has 1 aliphatic heterocycles. The van der Waals surface area contributed by atoms with E-state index >= 15 is 0 Å². The minimum atomic E-state index is 0.390. The molecule has 110 valence electrons. The molecule has 3 nitrogen and oxygen atoms in total. The molecule has 3 rings (SSSR count). The van der Waals surface area contributed by atoms with Crippen molar-refractivity contribution in [3.63, 3.8) is 0 Å². The maximum Gasteiger partial charge on any atom is 0.120 e. The highest BCUT2D eigenvalue weighted by Gasteiger charge is 2.17. The molecule has 21 heavy (non-hydrogen) atoms. The van der Waals surface area contributed by atoms with Crippen molar-refractivity contribution in [1.29, 1.82) is 0 Å². The molecule has 1 aromatic heterocycles. The van der Waals surface area contributed by atoms with Gasteiger partial charge in [-0.3, -0.25) is 9.88 Å². The zero-order valence-electron chi connectivity index (χ0n) is 12.5. The molecule has 1 unspecified atom stereocenters. The van der Waals surface area contributed by atoms with E-state index < -0.39 is 0 Å². The van der Waals surface area contributed by atoms with E-state index in [1.54, 1.807) is 12.3 Å². The maximum atomic E-state index is 10.1. The number of hydrogen-bond donors (Lipinski definition) is 1. The van der Waals surface area contributed by atoms with Crippen LogP contribution in [0, 0.1) is 5.92 Å². The van der Waals surface area contributed by atoms with E-state index in [0.717, 1.165) is 42.2 Å². The molecule has 0 amide bonds. The lowest BCUT2D eigenvalue weighted by Crippen LogP contribution is -2.33. The molecule has 1 N–H and O–H groups in total. The second-order valence-corrected chi connectivity index (χ2v) is 6.07. The quantitative estimate of drug-likeness (QED) is 0.932. The van der Waals surface area contributed by atoms with E-state index in [-0.39, 0.29) is 0 Å². The Labute approximate surface area is 126 Å². The Morgan fingerprint density at radius 3 is 2.95 bits per heavy atom. The molecule has 1 aromatic carbocycles. The SMILES string of the molecule is CC1CCCN(Cc2cc(-c3cccnc3)ccc2O)C1. The summed E-state index contributed by atoms with van der Waals surface area (Å²) >= 11 is 0. The summed E-state index contributed by atoms with van der Waals surface area (Å²) < 4.78 is 0. The number of nitrogens with zero attached hydrogens (tertiary/aromatic N) is 2. The number of rotatable bonds is 3. The van der Waals surface area contributed by atoms with Crippen LogP contribution in [0.4, 0.5) is 0 Å². The summed E-state index contributed by atoms with van der Waals surface area (Å²) in [7, 11) is 0. The van der Waals surface area contributed by atoms with Gasteiger partial charge in [0, 0.05) is 36.6 Å². The van der Waals surface area contributed by atoms with Crippen LogP contribution in [0.5, 0.6) is 5.75 Å². The van der Waals surface area contributed by atoms with Crippen LogP contribution < -0.4 is 0 Å². The van der Waals surface area contributed by atoms with Crippen molar-refractivity contribution in [1.82, 2.24) is 9.88 Å². The first kappa shape index (κ1) is 14.1. The molecule has 0 spiro atoms. The van der Waals surface area contributed by atoms with Crippen LogP contribution in [0.1, 0.15) is 25.3 Å². The Kier molecular flexibility index (Phi) is 4.20. The van der Waals surface area contributed by atoms with Crippen LogP contribution >= 0.6 is 0 Å². The fourth-order valence-electron chi connectivity index (χ4n) is 3.10. The summed E-state index contributed by atoms with van der Waals surface area (Å²) in [6.07, 6.45) is 6.21. The number of pyridine rings is 1. The second kappa shape index (κ2) is 6.27. The van der Waals surface area contributed by atoms with Gasteiger partial charge >= 0.3 is 0 Å². The summed E-state index contributed by atoms with van der Waals surface area (Å²) in [6.45, 7) is 5.37. The molecule has 1 atom stereocenters. The molecule has 2 heterocycles. The van der Waals surface area contributed by atoms with Gasteiger partial charge in [-0.15, -0.1) is 0 Å². The minimum absolute atomic E-state index is 0.390. The lowest BCUT2D eigenvalue weighted by molar-refractivity contribution is 0.175. The van der Waals surface area contributed by atoms with E-state index in [1.165, 1.54) is 12.8 Å². The number of aromatic hydroxyl groups is 1. The number of aromatic nitrogens is 1. The molecule has 0 bridgehead atoms. The number of likely N-dealkylation sites (tertiary alicyclic amines) is 1. The highest BCUT2D eigenvalue weighted by molar-refractivity contribution is 5.64. The van der Waals surface area contributed by atoms with Crippen molar-refractivity contribution in [2.24, 2.45) is 5.92 Å². The molecular formula is C18H22N2O. The third kappa shape index (κ3) is 3.42. The largest absolute Gasteiger partial charge is 0.508 e. The van der Waals surface area contributed by atoms with Crippen LogP contribution in [-0.4, -0.2) is 28.1 Å². The molecular weight excluding hydrogens is 260 g/mol. The average Bonchev–Trinajstić information content (AvgIpc) is 2.50. The first-order valence-electron chi connectivity index (χ1n) is 7.67. The van der Waals surface area contributed by atoms with Gasteiger partial charge < -0.3 is 5.11 Å². The lowest BCUT2D eigenvalue weighted by atomic mass is 9.99. The van der Waals surface area contributed by atoms with E-state index in [0.29, 0.717) is 5.75 Å². The molecule has 0 saturated carbocycles. The van der Waals surface area contributed by atoms with Crippen LogP contribution in [0.25, 0.3) is 11.1 Å². The first-order chi connectivity index (χ1) is 10.2. The summed E-state index contributed by atoms with van der Waals surface area (Å²) in [5.74, 6) is 1.14. The van der Waals surface area contributed by atoms with Crippen molar-refractivity contribution in [2.75, 3.05) is 13.1 Å². The van der Waals surface area contributed by atoms with Gasteiger partial charge in [-0.05, 0) is 49.1 Å². The predicted octanol–water partition coefficient (Wildman–Crippen LogP) is 3.69. The zero-order chi connectivity index (χ0) is 14.7. The Morgan fingerprint density at radius 2 is 2.19 bits per heavy atom. The van der Waals surface area contributed by atoms with Crippen molar-refractivity contribution < 1.29 is 5.11 Å².